The van der Waals surface area contributed by atoms with E-state index in [0.29, 0.717) is 39.4 Å². The minimum Gasteiger partial charge on any atom is -0.489 e. The number of hydrogen-bond acceptors (Lipinski definition) is 6. The van der Waals surface area contributed by atoms with Crippen LogP contribution >= 0.6 is 23.2 Å². The fourth-order valence-corrected chi connectivity index (χ4v) is 5.35. The van der Waals surface area contributed by atoms with Crippen molar-refractivity contribution in [2.75, 3.05) is 7.11 Å². The monoisotopic (exact) mass is 549 g/mol. The lowest BCUT2D eigenvalue weighted by Crippen LogP contribution is -2.24. The Bertz CT molecular complexity index is 1450. The Morgan fingerprint density at radius 3 is 2.34 bits per heavy atom. The second kappa shape index (κ2) is 10.4. The fourth-order valence-electron chi connectivity index (χ4n) is 4.78. The normalized spacial score (nSPS) is 18.6. The van der Waals surface area contributed by atoms with Crippen LogP contribution in [0.1, 0.15) is 70.2 Å². The summed E-state index contributed by atoms with van der Waals surface area (Å²) in [6.45, 7) is 0.296. The topological polar surface area (TPSA) is 70.8 Å². The van der Waals surface area contributed by atoms with E-state index in [2.05, 4.69) is 5.16 Å². The van der Waals surface area contributed by atoms with Crippen molar-refractivity contribution < 1.29 is 23.5 Å². The smallest absolute Gasteiger partial charge is 0.337 e. The molecule has 4 aromatic rings. The summed E-state index contributed by atoms with van der Waals surface area (Å²) in [5.74, 6) is 1.58. The zero-order chi connectivity index (χ0) is 26.2. The van der Waals surface area contributed by atoms with E-state index in [4.69, 9.17) is 41.9 Å². The molecule has 1 aliphatic heterocycles. The van der Waals surface area contributed by atoms with Gasteiger partial charge in [0.1, 0.15) is 23.8 Å². The molecule has 0 bridgehead atoms. The molecule has 1 saturated carbocycles. The number of carbonyl (C=O) groups excluding carboxylic acids is 1. The molecule has 8 heteroatoms. The number of methoxy groups -OCH3 is 1. The summed E-state index contributed by atoms with van der Waals surface area (Å²) in [6, 6.07) is 20.7. The summed E-state index contributed by atoms with van der Waals surface area (Å²) in [5, 5.41) is 5.37. The summed E-state index contributed by atoms with van der Waals surface area (Å²) in [6.07, 6.45) is 2.91. The van der Waals surface area contributed by atoms with Gasteiger partial charge in [0, 0.05) is 17.9 Å². The summed E-state index contributed by atoms with van der Waals surface area (Å²) < 4.78 is 22.8. The van der Waals surface area contributed by atoms with E-state index < -0.39 is 0 Å². The average molecular weight is 550 g/mol. The quantitative estimate of drug-likeness (QED) is 0.207. The molecule has 6 nitrogen and oxygen atoms in total. The number of carbonyl (C=O) groups is 1. The lowest BCUT2D eigenvalue weighted by atomic mass is 9.92. The molecule has 1 saturated heterocycles. The number of ether oxygens (including phenoxy) is 3. The second-order valence-corrected chi connectivity index (χ2v) is 10.4. The number of aromatic nitrogens is 1. The van der Waals surface area contributed by atoms with Crippen LogP contribution in [0.5, 0.6) is 5.75 Å². The molecule has 38 heavy (non-hydrogen) atoms. The van der Waals surface area contributed by atoms with E-state index in [9.17, 15) is 4.79 Å². The standard InChI is InChI=1S/C30H25Cl2NO5/c1-35-30(34)20-5-2-4-19(14-20)26-15-25(37-26)17-10-12-21(13-11-17)36-16-22-28(33-38-29(22)18-8-9-18)27-23(31)6-3-7-24(27)32/h2-7,10-14,18,25-26H,8-9,15-16H2,1H3/t25-,26-/m0/s1. The minimum atomic E-state index is -0.351. The molecule has 2 heterocycles. The van der Waals surface area contributed by atoms with Crippen LogP contribution in [0.3, 0.4) is 0 Å². The molecule has 1 aromatic heterocycles. The Kier molecular flexibility index (Phi) is 6.87. The maximum atomic E-state index is 11.8. The van der Waals surface area contributed by atoms with E-state index in [1.807, 2.05) is 42.5 Å². The first-order chi connectivity index (χ1) is 18.5. The number of hydrogen-bond donors (Lipinski definition) is 0. The van der Waals surface area contributed by atoms with Crippen molar-refractivity contribution in [3.8, 4) is 17.0 Å². The highest BCUT2D eigenvalue weighted by Gasteiger charge is 2.34. The third-order valence-corrected chi connectivity index (χ3v) is 7.67. The molecular weight excluding hydrogens is 525 g/mol. The number of rotatable bonds is 8. The number of nitrogens with zero attached hydrogens (tertiary/aromatic N) is 1. The predicted molar refractivity (Wildman–Crippen MR) is 144 cm³/mol. The molecular formula is C30H25Cl2NO5. The predicted octanol–water partition coefficient (Wildman–Crippen LogP) is 8.09. The first-order valence-electron chi connectivity index (χ1n) is 12.5. The van der Waals surface area contributed by atoms with E-state index >= 15 is 0 Å². The molecule has 3 aromatic carbocycles. The maximum absolute atomic E-state index is 11.8. The van der Waals surface area contributed by atoms with Crippen molar-refractivity contribution in [2.24, 2.45) is 0 Å². The zero-order valence-corrected chi connectivity index (χ0v) is 22.2. The Hall–Kier alpha value is -3.32. The molecule has 2 fully saturated rings. The molecule has 2 aliphatic rings. The van der Waals surface area contributed by atoms with Crippen LogP contribution in [0.2, 0.25) is 10.0 Å². The average Bonchev–Trinajstić information content (AvgIpc) is 3.67. The van der Waals surface area contributed by atoms with E-state index in [1.165, 1.54) is 7.11 Å². The van der Waals surface area contributed by atoms with Gasteiger partial charge in [-0.15, -0.1) is 0 Å². The molecule has 0 radical (unpaired) electrons. The summed E-state index contributed by atoms with van der Waals surface area (Å²) in [5.41, 5.74) is 4.74. The lowest BCUT2D eigenvalue weighted by Gasteiger charge is -2.36. The van der Waals surface area contributed by atoms with Crippen LogP contribution in [0.25, 0.3) is 11.3 Å². The van der Waals surface area contributed by atoms with Gasteiger partial charge in [-0.05, 0) is 60.4 Å². The Morgan fingerprint density at radius 1 is 0.974 bits per heavy atom. The SMILES string of the molecule is COC(=O)c1cccc([C@@H]2C[C@@H](c3ccc(OCc4c(-c5c(Cl)cccc5Cl)noc4C4CC4)cc3)O2)c1. The molecule has 0 unspecified atom stereocenters. The summed E-state index contributed by atoms with van der Waals surface area (Å²) in [4.78, 5) is 11.8. The van der Waals surface area contributed by atoms with Crippen LogP contribution in [-0.2, 0) is 16.1 Å². The van der Waals surface area contributed by atoms with Crippen LogP contribution < -0.4 is 4.74 Å². The minimum absolute atomic E-state index is 0.00987. The van der Waals surface area contributed by atoms with Gasteiger partial charge in [-0.2, -0.15) is 0 Å². The maximum Gasteiger partial charge on any atom is 0.337 e. The van der Waals surface area contributed by atoms with Gasteiger partial charge in [0.25, 0.3) is 0 Å². The van der Waals surface area contributed by atoms with Gasteiger partial charge in [0.15, 0.2) is 0 Å². The van der Waals surface area contributed by atoms with Crippen molar-refractivity contribution >= 4 is 29.2 Å². The van der Waals surface area contributed by atoms with E-state index in [0.717, 1.165) is 47.5 Å². The Labute approximate surface area is 230 Å². The van der Waals surface area contributed by atoms with Crippen molar-refractivity contribution in [2.45, 2.75) is 44.0 Å². The first-order valence-corrected chi connectivity index (χ1v) is 13.3. The number of benzene rings is 3. The zero-order valence-electron chi connectivity index (χ0n) is 20.7. The van der Waals surface area contributed by atoms with Gasteiger partial charge < -0.3 is 18.7 Å². The Balaban J connectivity index is 1.12. The molecule has 0 amide bonds. The van der Waals surface area contributed by atoms with Crippen LogP contribution in [0.4, 0.5) is 0 Å². The fraction of sp³-hybridized carbons (Fsp3) is 0.267. The molecule has 2 atom stereocenters. The largest absolute Gasteiger partial charge is 0.489 e. The Morgan fingerprint density at radius 2 is 1.66 bits per heavy atom. The van der Waals surface area contributed by atoms with Gasteiger partial charge in [-0.25, -0.2) is 4.79 Å². The molecule has 1 aliphatic carbocycles. The molecule has 6 rings (SSSR count). The van der Waals surface area contributed by atoms with Gasteiger partial charge in [-0.1, -0.05) is 58.7 Å². The van der Waals surface area contributed by atoms with Gasteiger partial charge in [-0.3, -0.25) is 0 Å². The molecule has 0 spiro atoms. The summed E-state index contributed by atoms with van der Waals surface area (Å²) >= 11 is 12.9. The highest BCUT2D eigenvalue weighted by Crippen LogP contribution is 2.47. The highest BCUT2D eigenvalue weighted by molar-refractivity contribution is 6.39. The first kappa shape index (κ1) is 25.0. The number of esters is 1. The van der Waals surface area contributed by atoms with Crippen molar-refractivity contribution in [3.05, 3.63) is 105 Å². The van der Waals surface area contributed by atoms with Crippen LogP contribution in [0, 0.1) is 0 Å². The van der Waals surface area contributed by atoms with E-state index in [-0.39, 0.29) is 18.2 Å². The number of halogens is 2. The van der Waals surface area contributed by atoms with Crippen molar-refractivity contribution in [1.82, 2.24) is 5.16 Å². The van der Waals surface area contributed by atoms with Gasteiger partial charge >= 0.3 is 5.97 Å². The second-order valence-electron chi connectivity index (χ2n) is 9.57. The van der Waals surface area contributed by atoms with Gasteiger partial charge in [0.05, 0.1) is 40.5 Å². The van der Waals surface area contributed by atoms with Crippen molar-refractivity contribution in [3.63, 3.8) is 0 Å². The summed E-state index contributed by atoms with van der Waals surface area (Å²) in [7, 11) is 1.38. The lowest BCUT2D eigenvalue weighted by molar-refractivity contribution is -0.130. The van der Waals surface area contributed by atoms with Crippen LogP contribution in [-0.4, -0.2) is 18.2 Å². The molecule has 194 valence electrons. The third-order valence-electron chi connectivity index (χ3n) is 7.04. The van der Waals surface area contributed by atoms with E-state index in [1.54, 1.807) is 24.3 Å². The van der Waals surface area contributed by atoms with Crippen LogP contribution in [0.15, 0.2) is 71.3 Å². The third kappa shape index (κ3) is 4.92. The highest BCUT2D eigenvalue weighted by atomic mass is 35.5. The van der Waals surface area contributed by atoms with Gasteiger partial charge in [0.2, 0.25) is 0 Å². The van der Waals surface area contributed by atoms with Crippen molar-refractivity contribution in [1.29, 1.82) is 0 Å². The molecule has 0 N–H and O–H groups in total.